The second-order valence-corrected chi connectivity index (χ2v) is 4.63. The molecule has 0 spiro atoms. The smallest absolute Gasteiger partial charge is 0.272 e. The zero-order valence-corrected chi connectivity index (χ0v) is 10.8. The lowest BCUT2D eigenvalue weighted by Crippen LogP contribution is -2.42. The van der Waals surface area contributed by atoms with Crippen LogP contribution in [0.1, 0.15) is 23.2 Å². The van der Waals surface area contributed by atoms with Crippen LogP contribution in [0.4, 0.5) is 8.78 Å². The number of aliphatic hydroxyl groups is 1. The zero-order chi connectivity index (χ0) is 14.5. The van der Waals surface area contributed by atoms with E-state index >= 15 is 0 Å². The van der Waals surface area contributed by atoms with Gasteiger partial charge in [-0.05, 0) is 18.9 Å². The molecule has 0 bridgehead atoms. The van der Waals surface area contributed by atoms with Crippen molar-refractivity contribution >= 4 is 5.91 Å². The number of hydrogen-bond acceptors (Lipinski definition) is 4. The Kier molecular flexibility index (Phi) is 4.84. The van der Waals surface area contributed by atoms with E-state index in [-0.39, 0.29) is 11.8 Å². The van der Waals surface area contributed by atoms with Crippen LogP contribution in [0, 0.1) is 0 Å². The topological polar surface area (TPSA) is 62.7 Å². The highest BCUT2D eigenvalue weighted by Crippen LogP contribution is 2.15. The maximum Gasteiger partial charge on any atom is 0.272 e. The summed E-state index contributed by atoms with van der Waals surface area (Å²) < 4.78 is 28.7. The molecule has 1 aromatic heterocycles. The Morgan fingerprint density at radius 1 is 1.55 bits per heavy atom. The number of hydrogen-bond donors (Lipinski definition) is 1. The number of nitrogens with zero attached hydrogens (tertiary/aromatic N) is 2. The fourth-order valence-electron chi connectivity index (χ4n) is 2.06. The third kappa shape index (κ3) is 3.86. The molecular weight excluding hydrogens is 270 g/mol. The second-order valence-electron chi connectivity index (χ2n) is 4.63. The fourth-order valence-corrected chi connectivity index (χ4v) is 2.06. The van der Waals surface area contributed by atoms with Crippen LogP contribution in [0.5, 0.6) is 5.88 Å². The van der Waals surface area contributed by atoms with Gasteiger partial charge in [0.1, 0.15) is 0 Å². The number of β-amino-alcohol motifs (C(OH)–C–C–N with tert-alkyl or cyclic N) is 1. The Morgan fingerprint density at radius 3 is 2.95 bits per heavy atom. The number of carbonyl (C=O) groups is 1. The minimum Gasteiger partial charge on any atom is -0.472 e. The van der Waals surface area contributed by atoms with Gasteiger partial charge in [-0.2, -0.15) is 0 Å². The molecule has 1 aliphatic heterocycles. The predicted molar refractivity (Wildman–Crippen MR) is 66.9 cm³/mol. The van der Waals surface area contributed by atoms with Gasteiger partial charge in [0.15, 0.2) is 6.61 Å². The van der Waals surface area contributed by atoms with Crippen molar-refractivity contribution in [3.05, 3.63) is 23.9 Å². The van der Waals surface area contributed by atoms with Crippen molar-refractivity contribution in [1.82, 2.24) is 9.88 Å². The second kappa shape index (κ2) is 6.60. The van der Waals surface area contributed by atoms with E-state index in [0.717, 1.165) is 6.42 Å². The van der Waals surface area contributed by atoms with Gasteiger partial charge in [0.25, 0.3) is 12.3 Å². The highest BCUT2D eigenvalue weighted by molar-refractivity contribution is 5.94. The molecule has 1 atom stereocenters. The first kappa shape index (κ1) is 14.6. The van der Waals surface area contributed by atoms with Gasteiger partial charge in [0.05, 0.1) is 11.7 Å². The maximum atomic E-state index is 12.1. The van der Waals surface area contributed by atoms with Gasteiger partial charge in [-0.25, -0.2) is 13.8 Å². The van der Waals surface area contributed by atoms with Crippen LogP contribution in [0.2, 0.25) is 0 Å². The van der Waals surface area contributed by atoms with Crippen molar-refractivity contribution in [2.45, 2.75) is 25.4 Å². The van der Waals surface area contributed by atoms with Crippen LogP contribution < -0.4 is 4.74 Å². The Hall–Kier alpha value is -1.76. The highest BCUT2D eigenvalue weighted by Gasteiger charge is 2.23. The van der Waals surface area contributed by atoms with Crippen LogP contribution in [0.3, 0.4) is 0 Å². The number of aliphatic hydroxyl groups excluding tert-OH is 1. The first-order valence-electron chi connectivity index (χ1n) is 6.40. The van der Waals surface area contributed by atoms with Crippen LogP contribution in [-0.4, -0.2) is 53.1 Å². The summed E-state index contributed by atoms with van der Waals surface area (Å²) in [7, 11) is 0. The third-order valence-electron chi connectivity index (χ3n) is 3.02. The Bertz CT molecular complexity index is 453. The lowest BCUT2D eigenvalue weighted by Gasteiger charge is -2.30. The Morgan fingerprint density at radius 2 is 2.35 bits per heavy atom. The lowest BCUT2D eigenvalue weighted by atomic mass is 10.1. The van der Waals surface area contributed by atoms with Crippen molar-refractivity contribution in [3.8, 4) is 5.88 Å². The number of rotatable bonds is 4. The number of aromatic nitrogens is 1. The minimum atomic E-state index is -2.56. The minimum absolute atomic E-state index is 0.0560. The molecule has 2 rings (SSSR count). The number of likely N-dealkylation sites (tertiary alicyclic amines) is 1. The molecule has 1 unspecified atom stereocenters. The number of ether oxygens (including phenoxy) is 1. The third-order valence-corrected chi connectivity index (χ3v) is 3.02. The fraction of sp³-hybridized carbons (Fsp3) is 0.538. The van der Waals surface area contributed by atoms with Crippen LogP contribution in [0.15, 0.2) is 18.3 Å². The van der Waals surface area contributed by atoms with Crippen LogP contribution in [0.25, 0.3) is 0 Å². The molecule has 0 radical (unpaired) electrons. The Labute approximate surface area is 115 Å². The van der Waals surface area contributed by atoms with Crippen molar-refractivity contribution in [2.75, 3.05) is 19.7 Å². The van der Waals surface area contributed by atoms with Crippen LogP contribution in [-0.2, 0) is 0 Å². The molecule has 0 saturated carbocycles. The van der Waals surface area contributed by atoms with Crippen LogP contribution >= 0.6 is 0 Å². The summed E-state index contributed by atoms with van der Waals surface area (Å²) in [5.41, 5.74) is 0.350. The lowest BCUT2D eigenvalue weighted by molar-refractivity contribution is 0.0473. The number of piperidine rings is 1. The monoisotopic (exact) mass is 286 g/mol. The molecule has 1 N–H and O–H groups in total. The number of alkyl halides is 2. The first-order valence-corrected chi connectivity index (χ1v) is 6.40. The van der Waals surface area contributed by atoms with E-state index in [9.17, 15) is 18.7 Å². The maximum absolute atomic E-state index is 12.1. The van der Waals surface area contributed by atoms with Gasteiger partial charge >= 0.3 is 0 Å². The van der Waals surface area contributed by atoms with E-state index in [0.29, 0.717) is 25.1 Å². The molecule has 1 saturated heterocycles. The summed E-state index contributed by atoms with van der Waals surface area (Å²) in [5.74, 6) is -0.169. The van der Waals surface area contributed by atoms with E-state index in [2.05, 4.69) is 4.98 Å². The number of carbonyl (C=O) groups excluding carboxylic acids is 1. The van der Waals surface area contributed by atoms with Gasteiger partial charge in [0, 0.05) is 25.4 Å². The van der Waals surface area contributed by atoms with E-state index in [1.807, 2.05) is 0 Å². The quantitative estimate of drug-likeness (QED) is 0.907. The summed E-state index contributed by atoms with van der Waals surface area (Å²) in [6.45, 7) is 0.181. The average molecular weight is 286 g/mol. The Balaban J connectivity index is 1.96. The number of amides is 1. The molecule has 1 amide bonds. The van der Waals surface area contributed by atoms with Gasteiger partial charge in [-0.3, -0.25) is 4.79 Å². The van der Waals surface area contributed by atoms with E-state index in [1.54, 1.807) is 4.90 Å². The molecule has 110 valence electrons. The molecule has 1 aliphatic rings. The van der Waals surface area contributed by atoms with Gasteiger partial charge in [-0.15, -0.1) is 0 Å². The molecule has 5 nitrogen and oxygen atoms in total. The van der Waals surface area contributed by atoms with Crippen molar-refractivity contribution in [3.63, 3.8) is 0 Å². The standard InChI is InChI=1S/C13H16F2N2O3/c14-11(15)8-20-12-4-3-9(6-16-12)13(19)17-5-1-2-10(18)7-17/h3-4,6,10-11,18H,1-2,5,7-8H2. The normalized spacial score (nSPS) is 19.2. The summed E-state index contributed by atoms with van der Waals surface area (Å²) in [5, 5.41) is 9.54. The van der Waals surface area contributed by atoms with Crippen molar-refractivity contribution < 1.29 is 23.4 Å². The molecule has 20 heavy (non-hydrogen) atoms. The molecule has 2 heterocycles. The molecule has 7 heteroatoms. The molecule has 0 aliphatic carbocycles. The molecule has 1 aromatic rings. The number of halogens is 2. The van der Waals surface area contributed by atoms with E-state index in [4.69, 9.17) is 4.74 Å². The molecule has 1 fully saturated rings. The molecular formula is C13H16F2N2O3. The van der Waals surface area contributed by atoms with Crippen molar-refractivity contribution in [2.24, 2.45) is 0 Å². The average Bonchev–Trinajstić information content (AvgIpc) is 2.45. The predicted octanol–water partition coefficient (Wildman–Crippen LogP) is 1.32. The number of pyridine rings is 1. The van der Waals surface area contributed by atoms with E-state index < -0.39 is 19.1 Å². The largest absolute Gasteiger partial charge is 0.472 e. The summed E-state index contributed by atoms with van der Waals surface area (Å²) in [6, 6.07) is 2.87. The van der Waals surface area contributed by atoms with E-state index in [1.165, 1.54) is 18.3 Å². The zero-order valence-electron chi connectivity index (χ0n) is 10.8. The first-order chi connectivity index (χ1) is 9.56. The van der Waals surface area contributed by atoms with Gasteiger partial charge in [-0.1, -0.05) is 0 Å². The summed E-state index contributed by atoms with van der Waals surface area (Å²) >= 11 is 0. The SMILES string of the molecule is O=C(c1ccc(OCC(F)F)nc1)N1CCCC(O)C1. The highest BCUT2D eigenvalue weighted by atomic mass is 19.3. The van der Waals surface area contributed by atoms with Gasteiger partial charge in [0.2, 0.25) is 5.88 Å². The molecule has 0 aromatic carbocycles. The van der Waals surface area contributed by atoms with Gasteiger partial charge < -0.3 is 14.7 Å². The summed E-state index contributed by atoms with van der Waals surface area (Å²) in [6.07, 6.45) is -0.301. The van der Waals surface area contributed by atoms with Crippen molar-refractivity contribution in [1.29, 1.82) is 0 Å². The summed E-state index contributed by atoms with van der Waals surface area (Å²) in [4.78, 5) is 17.5.